The van der Waals surface area contributed by atoms with Crippen molar-refractivity contribution >= 4 is 25.8 Å². The summed E-state index contributed by atoms with van der Waals surface area (Å²) in [7, 11) is -7.29. The second-order valence-corrected chi connectivity index (χ2v) is 7.86. The summed E-state index contributed by atoms with van der Waals surface area (Å²) < 4.78 is 52.2. The van der Waals surface area contributed by atoms with Crippen molar-refractivity contribution in [3.05, 3.63) is 17.6 Å². The molecule has 19 heavy (non-hydrogen) atoms. The Hall–Kier alpha value is -1.39. The summed E-state index contributed by atoms with van der Waals surface area (Å²) in [6, 6.07) is 0.875. The predicted octanol–water partition coefficient (Wildman–Crippen LogP) is -0.391. The SMILES string of the molecule is Cc1oc(C(=O)O)cc1S(=O)(=O)NCCS(C)(=O)=O. The van der Waals surface area contributed by atoms with Gasteiger partial charge >= 0.3 is 5.97 Å². The predicted molar refractivity (Wildman–Crippen MR) is 65.3 cm³/mol. The van der Waals surface area contributed by atoms with E-state index in [4.69, 9.17) is 9.52 Å². The summed E-state index contributed by atoms with van der Waals surface area (Å²) in [5.74, 6) is -2.32. The third kappa shape index (κ3) is 4.33. The van der Waals surface area contributed by atoms with Gasteiger partial charge in [0.25, 0.3) is 0 Å². The standard InChI is InChI=1S/C9H13NO7S2/c1-6-8(5-7(17-6)9(11)12)19(15,16)10-3-4-18(2,13)14/h5,10H,3-4H2,1-2H3,(H,11,12). The summed E-state index contributed by atoms with van der Waals surface area (Å²) in [6.07, 6.45) is 0.979. The number of carboxylic acids is 1. The van der Waals surface area contributed by atoms with Gasteiger partial charge in [0.05, 0.1) is 5.75 Å². The van der Waals surface area contributed by atoms with Gasteiger partial charge in [-0.2, -0.15) is 0 Å². The minimum absolute atomic E-state index is 0.0794. The average Bonchev–Trinajstić information content (AvgIpc) is 2.58. The summed E-state index contributed by atoms with van der Waals surface area (Å²) in [4.78, 5) is 10.3. The van der Waals surface area contributed by atoms with Crippen LogP contribution in [-0.2, 0) is 19.9 Å². The fraction of sp³-hybridized carbons (Fsp3) is 0.444. The van der Waals surface area contributed by atoms with Crippen LogP contribution in [0.1, 0.15) is 16.3 Å². The van der Waals surface area contributed by atoms with Crippen molar-refractivity contribution in [3.63, 3.8) is 0 Å². The molecule has 0 amide bonds. The number of furan rings is 1. The maximum Gasteiger partial charge on any atom is 0.371 e. The summed E-state index contributed by atoms with van der Waals surface area (Å²) >= 11 is 0. The van der Waals surface area contributed by atoms with Crippen LogP contribution in [0.5, 0.6) is 0 Å². The number of carboxylic acid groups (broad SMARTS) is 1. The first-order valence-corrected chi connectivity index (χ1v) is 8.58. The van der Waals surface area contributed by atoms with Crippen LogP contribution in [0.4, 0.5) is 0 Å². The topological polar surface area (TPSA) is 131 Å². The summed E-state index contributed by atoms with van der Waals surface area (Å²) in [6.45, 7) is 1.01. The van der Waals surface area contributed by atoms with E-state index in [2.05, 4.69) is 4.72 Å². The lowest BCUT2D eigenvalue weighted by molar-refractivity contribution is 0.0661. The number of sulfone groups is 1. The molecule has 108 valence electrons. The fourth-order valence-electron chi connectivity index (χ4n) is 1.28. The smallest absolute Gasteiger partial charge is 0.371 e. The van der Waals surface area contributed by atoms with Crippen molar-refractivity contribution in [2.45, 2.75) is 11.8 Å². The molecule has 0 aliphatic carbocycles. The van der Waals surface area contributed by atoms with Gasteiger partial charge in [0, 0.05) is 18.9 Å². The molecule has 0 aliphatic rings. The maximum atomic E-state index is 11.8. The van der Waals surface area contributed by atoms with Crippen molar-refractivity contribution in [1.29, 1.82) is 0 Å². The zero-order valence-electron chi connectivity index (χ0n) is 10.2. The average molecular weight is 311 g/mol. The van der Waals surface area contributed by atoms with Gasteiger partial charge in [-0.1, -0.05) is 0 Å². The molecule has 0 fully saturated rings. The van der Waals surface area contributed by atoms with Crippen LogP contribution in [0.25, 0.3) is 0 Å². The van der Waals surface area contributed by atoms with Crippen LogP contribution < -0.4 is 4.72 Å². The highest BCUT2D eigenvalue weighted by molar-refractivity contribution is 7.91. The third-order valence-electron chi connectivity index (χ3n) is 2.14. The highest BCUT2D eigenvalue weighted by Gasteiger charge is 2.23. The molecule has 8 nitrogen and oxygen atoms in total. The molecule has 0 atom stereocenters. The van der Waals surface area contributed by atoms with E-state index in [0.29, 0.717) is 0 Å². The number of aromatic carboxylic acids is 1. The molecule has 0 saturated carbocycles. The van der Waals surface area contributed by atoms with Crippen molar-refractivity contribution in [1.82, 2.24) is 4.72 Å². The number of rotatable bonds is 6. The Labute approximate surface area is 110 Å². The van der Waals surface area contributed by atoms with Crippen LogP contribution in [-0.4, -0.2) is 46.5 Å². The lowest BCUT2D eigenvalue weighted by Crippen LogP contribution is -2.29. The number of hydrogen-bond acceptors (Lipinski definition) is 6. The van der Waals surface area contributed by atoms with Gasteiger partial charge in [-0.25, -0.2) is 26.4 Å². The first-order valence-electron chi connectivity index (χ1n) is 5.04. The number of carbonyl (C=O) groups is 1. The Morgan fingerprint density at radius 2 is 1.95 bits per heavy atom. The van der Waals surface area contributed by atoms with Gasteiger partial charge < -0.3 is 9.52 Å². The van der Waals surface area contributed by atoms with E-state index in [1.165, 1.54) is 6.92 Å². The second kappa shape index (κ2) is 5.31. The van der Waals surface area contributed by atoms with E-state index in [9.17, 15) is 21.6 Å². The van der Waals surface area contributed by atoms with Crippen LogP contribution in [0, 0.1) is 6.92 Å². The highest BCUT2D eigenvalue weighted by atomic mass is 32.2. The van der Waals surface area contributed by atoms with E-state index in [1.54, 1.807) is 0 Å². The zero-order valence-corrected chi connectivity index (χ0v) is 11.8. The molecule has 1 heterocycles. The Bertz CT molecular complexity index is 684. The molecule has 0 unspecified atom stereocenters. The van der Waals surface area contributed by atoms with Gasteiger partial charge in [0.1, 0.15) is 20.5 Å². The van der Waals surface area contributed by atoms with Crippen molar-refractivity contribution in [2.75, 3.05) is 18.6 Å². The monoisotopic (exact) mass is 311 g/mol. The molecule has 0 bridgehead atoms. The first-order chi connectivity index (χ1) is 8.53. The van der Waals surface area contributed by atoms with Gasteiger partial charge in [-0.05, 0) is 6.92 Å². The number of nitrogens with one attached hydrogen (secondary N) is 1. The highest BCUT2D eigenvalue weighted by Crippen LogP contribution is 2.19. The van der Waals surface area contributed by atoms with Gasteiger partial charge in [-0.3, -0.25) is 0 Å². The summed E-state index contributed by atoms with van der Waals surface area (Å²) in [5.41, 5.74) is 0. The maximum absolute atomic E-state index is 11.8. The minimum Gasteiger partial charge on any atom is -0.475 e. The normalized spacial score (nSPS) is 12.5. The number of aryl methyl sites for hydroxylation is 1. The Morgan fingerprint density at radius 1 is 1.37 bits per heavy atom. The molecule has 2 N–H and O–H groups in total. The first kappa shape index (κ1) is 15.7. The molecule has 0 aliphatic heterocycles. The van der Waals surface area contributed by atoms with Crippen LogP contribution >= 0.6 is 0 Å². The quantitative estimate of drug-likeness (QED) is 0.731. The minimum atomic E-state index is -4.00. The molecule has 1 aromatic rings. The van der Waals surface area contributed by atoms with Crippen molar-refractivity contribution in [2.24, 2.45) is 0 Å². The Kier molecular flexibility index (Phi) is 4.38. The van der Waals surface area contributed by atoms with E-state index < -0.39 is 31.6 Å². The number of sulfonamides is 1. The largest absolute Gasteiger partial charge is 0.475 e. The Morgan fingerprint density at radius 3 is 2.37 bits per heavy atom. The van der Waals surface area contributed by atoms with Crippen LogP contribution in [0.15, 0.2) is 15.4 Å². The molecule has 10 heteroatoms. The summed E-state index contributed by atoms with van der Waals surface area (Å²) in [5, 5.41) is 8.68. The molecular weight excluding hydrogens is 298 g/mol. The molecule has 0 spiro atoms. The van der Waals surface area contributed by atoms with Gasteiger partial charge in [-0.15, -0.1) is 0 Å². The molecule has 0 radical (unpaired) electrons. The zero-order chi connectivity index (χ0) is 14.8. The molecular formula is C9H13NO7S2. The fourth-order valence-corrected chi connectivity index (χ4v) is 3.09. The lowest BCUT2D eigenvalue weighted by Gasteiger charge is -2.04. The van der Waals surface area contributed by atoms with E-state index >= 15 is 0 Å². The van der Waals surface area contributed by atoms with Gasteiger partial charge in [0.15, 0.2) is 0 Å². The van der Waals surface area contributed by atoms with Crippen molar-refractivity contribution < 1.29 is 31.2 Å². The van der Waals surface area contributed by atoms with Gasteiger partial charge in [0.2, 0.25) is 15.8 Å². The molecule has 0 saturated heterocycles. The molecule has 0 aromatic carbocycles. The van der Waals surface area contributed by atoms with E-state index in [-0.39, 0.29) is 23.0 Å². The molecule has 1 rings (SSSR count). The number of hydrogen-bond donors (Lipinski definition) is 2. The molecule has 1 aromatic heterocycles. The van der Waals surface area contributed by atoms with E-state index in [1.807, 2.05) is 0 Å². The van der Waals surface area contributed by atoms with Crippen LogP contribution in [0.3, 0.4) is 0 Å². The van der Waals surface area contributed by atoms with E-state index in [0.717, 1.165) is 12.3 Å². The Balaban J connectivity index is 2.92. The van der Waals surface area contributed by atoms with Crippen molar-refractivity contribution in [3.8, 4) is 0 Å². The lowest BCUT2D eigenvalue weighted by atomic mass is 10.4. The third-order valence-corrected chi connectivity index (χ3v) is 4.65. The van der Waals surface area contributed by atoms with Crippen LogP contribution in [0.2, 0.25) is 0 Å². The second-order valence-electron chi connectivity index (χ2n) is 3.86.